The van der Waals surface area contributed by atoms with Crippen LogP contribution in [0.5, 0.6) is 0 Å². The number of thiophene rings is 1. The van der Waals surface area contributed by atoms with Gasteiger partial charge in [0.2, 0.25) is 5.89 Å². The maximum atomic E-state index is 5.76. The van der Waals surface area contributed by atoms with E-state index in [1.807, 2.05) is 42.5 Å². The molecule has 0 spiro atoms. The van der Waals surface area contributed by atoms with Crippen LogP contribution < -0.4 is 0 Å². The van der Waals surface area contributed by atoms with Crippen molar-refractivity contribution in [1.82, 2.24) is 4.98 Å². The number of rotatable bonds is 3. The van der Waals surface area contributed by atoms with Gasteiger partial charge in [-0.25, -0.2) is 4.98 Å². The van der Waals surface area contributed by atoms with E-state index in [0.29, 0.717) is 5.89 Å². The summed E-state index contributed by atoms with van der Waals surface area (Å²) in [5, 5.41) is 2.05. The van der Waals surface area contributed by atoms with Crippen molar-refractivity contribution in [2.45, 2.75) is 0 Å². The minimum absolute atomic E-state index is 0.633. The maximum absolute atomic E-state index is 5.76. The number of benzene rings is 2. The molecule has 4 rings (SSSR count). The second kappa shape index (κ2) is 5.62. The van der Waals surface area contributed by atoms with E-state index in [0.717, 1.165) is 16.7 Å². The fourth-order valence-electron chi connectivity index (χ4n) is 2.37. The molecule has 0 amide bonds. The largest absolute Gasteiger partial charge is 0.437 e. The van der Waals surface area contributed by atoms with Crippen molar-refractivity contribution in [3.63, 3.8) is 0 Å². The first kappa shape index (κ1) is 13.0. The average Bonchev–Trinajstić information content (AvgIpc) is 3.22. The quantitative estimate of drug-likeness (QED) is 0.483. The minimum atomic E-state index is 0.633. The van der Waals surface area contributed by atoms with Crippen molar-refractivity contribution in [2.75, 3.05) is 0 Å². The van der Waals surface area contributed by atoms with Gasteiger partial charge in [0.1, 0.15) is 5.52 Å². The second-order valence-electron chi connectivity index (χ2n) is 4.95. The van der Waals surface area contributed by atoms with Crippen LogP contribution in [0.1, 0.15) is 10.8 Å². The van der Waals surface area contributed by atoms with Crippen molar-refractivity contribution in [1.29, 1.82) is 0 Å². The van der Waals surface area contributed by atoms with Crippen molar-refractivity contribution in [3.8, 4) is 11.1 Å². The molecule has 2 aromatic carbocycles. The lowest BCUT2D eigenvalue weighted by Crippen LogP contribution is -1.77. The molecule has 0 atom stereocenters. The molecule has 4 aromatic rings. The van der Waals surface area contributed by atoms with Crippen molar-refractivity contribution in [3.05, 3.63) is 76.8 Å². The number of hydrogen-bond acceptors (Lipinski definition) is 3. The summed E-state index contributed by atoms with van der Waals surface area (Å²) in [6.07, 6.45) is 3.93. The molecule has 106 valence electrons. The summed E-state index contributed by atoms with van der Waals surface area (Å²) in [7, 11) is 0. The van der Waals surface area contributed by atoms with Gasteiger partial charge >= 0.3 is 0 Å². The van der Waals surface area contributed by atoms with Gasteiger partial charge in [-0.15, -0.1) is 11.3 Å². The molecular weight excluding hydrogens is 290 g/mol. The third-order valence-corrected chi connectivity index (χ3v) is 4.28. The second-order valence-corrected chi connectivity index (χ2v) is 5.93. The van der Waals surface area contributed by atoms with Gasteiger partial charge in [-0.05, 0) is 40.8 Å². The Balaban J connectivity index is 1.69. The maximum Gasteiger partial charge on any atom is 0.220 e. The third kappa shape index (κ3) is 2.59. The van der Waals surface area contributed by atoms with Gasteiger partial charge in [-0.3, -0.25) is 0 Å². The molecule has 0 unspecified atom stereocenters. The Morgan fingerprint density at radius 3 is 2.59 bits per heavy atom. The summed E-state index contributed by atoms with van der Waals surface area (Å²) in [6, 6.07) is 20.5. The fraction of sp³-hybridized carbons (Fsp3) is 0. The average molecular weight is 303 g/mol. The van der Waals surface area contributed by atoms with Crippen LogP contribution in [0.3, 0.4) is 0 Å². The Morgan fingerprint density at radius 2 is 1.77 bits per heavy atom. The first-order valence-electron chi connectivity index (χ1n) is 7.06. The summed E-state index contributed by atoms with van der Waals surface area (Å²) in [5.74, 6) is 0.633. The van der Waals surface area contributed by atoms with E-state index in [-0.39, 0.29) is 0 Å². The molecule has 2 aromatic heterocycles. The van der Waals surface area contributed by atoms with Gasteiger partial charge in [0.15, 0.2) is 5.58 Å². The SMILES string of the molecule is C(=C\c1cccs1)/c1nc2cc(-c3ccccc3)ccc2o1. The highest BCUT2D eigenvalue weighted by Crippen LogP contribution is 2.25. The van der Waals surface area contributed by atoms with Crippen molar-refractivity contribution < 1.29 is 4.42 Å². The van der Waals surface area contributed by atoms with Gasteiger partial charge in [-0.1, -0.05) is 42.5 Å². The molecule has 0 N–H and O–H groups in total. The van der Waals surface area contributed by atoms with Crippen LogP contribution in [0.15, 0.2) is 70.5 Å². The Kier molecular flexibility index (Phi) is 3.33. The van der Waals surface area contributed by atoms with Gasteiger partial charge in [0.25, 0.3) is 0 Å². The molecule has 0 aliphatic rings. The van der Waals surface area contributed by atoms with Crippen molar-refractivity contribution >= 4 is 34.6 Å². The first-order valence-corrected chi connectivity index (χ1v) is 7.94. The molecule has 2 heterocycles. The molecule has 0 saturated heterocycles. The van der Waals surface area contributed by atoms with E-state index in [9.17, 15) is 0 Å². The van der Waals surface area contributed by atoms with E-state index < -0.39 is 0 Å². The normalized spacial score (nSPS) is 11.5. The summed E-state index contributed by atoms with van der Waals surface area (Å²) >= 11 is 1.69. The van der Waals surface area contributed by atoms with E-state index in [4.69, 9.17) is 4.42 Å². The van der Waals surface area contributed by atoms with Gasteiger partial charge < -0.3 is 4.42 Å². The molecule has 0 aliphatic heterocycles. The highest BCUT2D eigenvalue weighted by molar-refractivity contribution is 7.10. The van der Waals surface area contributed by atoms with E-state index in [1.165, 1.54) is 10.4 Å². The predicted octanol–water partition coefficient (Wildman–Crippen LogP) is 5.73. The zero-order chi connectivity index (χ0) is 14.8. The summed E-state index contributed by atoms with van der Waals surface area (Å²) in [4.78, 5) is 5.74. The molecular formula is C19H13NOS. The van der Waals surface area contributed by atoms with Crippen LogP contribution in [0.2, 0.25) is 0 Å². The number of aromatic nitrogens is 1. The predicted molar refractivity (Wildman–Crippen MR) is 92.7 cm³/mol. The lowest BCUT2D eigenvalue weighted by atomic mass is 10.1. The van der Waals surface area contributed by atoms with Crippen LogP contribution in [-0.2, 0) is 0 Å². The zero-order valence-electron chi connectivity index (χ0n) is 11.8. The van der Waals surface area contributed by atoms with Crippen LogP contribution in [-0.4, -0.2) is 4.98 Å². The van der Waals surface area contributed by atoms with Crippen molar-refractivity contribution in [2.24, 2.45) is 0 Å². The number of fused-ring (bicyclic) bond motifs is 1. The van der Waals surface area contributed by atoms with Crippen LogP contribution in [0.4, 0.5) is 0 Å². The monoisotopic (exact) mass is 303 g/mol. The summed E-state index contributed by atoms with van der Waals surface area (Å²) < 4.78 is 5.76. The number of hydrogen-bond donors (Lipinski definition) is 0. The molecule has 0 saturated carbocycles. The van der Waals surface area contributed by atoms with Gasteiger partial charge in [-0.2, -0.15) is 0 Å². The standard InChI is InChI=1S/C19H13NOS/c1-2-5-14(6-3-1)15-8-10-18-17(13-15)20-19(21-18)11-9-16-7-4-12-22-16/h1-13H/b11-9+. The smallest absolute Gasteiger partial charge is 0.220 e. The van der Waals surface area contributed by atoms with E-state index in [2.05, 4.69) is 40.7 Å². The topological polar surface area (TPSA) is 26.0 Å². The van der Waals surface area contributed by atoms with Gasteiger partial charge in [0, 0.05) is 11.0 Å². The molecule has 22 heavy (non-hydrogen) atoms. The number of nitrogens with zero attached hydrogens (tertiary/aromatic N) is 1. The highest BCUT2D eigenvalue weighted by atomic mass is 32.1. The van der Waals surface area contributed by atoms with Crippen LogP contribution in [0.25, 0.3) is 34.4 Å². The van der Waals surface area contributed by atoms with E-state index in [1.54, 1.807) is 11.3 Å². The Morgan fingerprint density at radius 1 is 0.864 bits per heavy atom. The first-order chi connectivity index (χ1) is 10.9. The Labute approximate surface area is 132 Å². The molecule has 0 fully saturated rings. The lowest BCUT2D eigenvalue weighted by Gasteiger charge is -1.99. The zero-order valence-corrected chi connectivity index (χ0v) is 12.6. The molecule has 3 heteroatoms. The highest BCUT2D eigenvalue weighted by Gasteiger charge is 2.05. The fourth-order valence-corrected chi connectivity index (χ4v) is 2.98. The van der Waals surface area contributed by atoms with Gasteiger partial charge in [0.05, 0.1) is 0 Å². The Hall–Kier alpha value is -2.65. The van der Waals surface area contributed by atoms with Crippen LogP contribution in [0, 0.1) is 0 Å². The molecule has 0 bridgehead atoms. The minimum Gasteiger partial charge on any atom is -0.437 e. The summed E-state index contributed by atoms with van der Waals surface area (Å²) in [5.41, 5.74) is 4.02. The van der Waals surface area contributed by atoms with E-state index >= 15 is 0 Å². The molecule has 0 aliphatic carbocycles. The Bertz CT molecular complexity index is 921. The third-order valence-electron chi connectivity index (χ3n) is 3.44. The lowest BCUT2D eigenvalue weighted by molar-refractivity contribution is 0.590. The summed E-state index contributed by atoms with van der Waals surface area (Å²) in [6.45, 7) is 0. The number of oxazole rings is 1. The molecule has 0 radical (unpaired) electrons. The molecule has 2 nitrogen and oxygen atoms in total. The van der Waals surface area contributed by atoms with Crippen LogP contribution >= 0.6 is 11.3 Å².